The van der Waals surface area contributed by atoms with Gasteiger partial charge in [-0.3, -0.25) is 0 Å². The second-order valence-electron chi connectivity index (χ2n) is 14.8. The topological polar surface area (TPSA) is 3.24 Å². The Balaban J connectivity index is 1.25. The van der Waals surface area contributed by atoms with Gasteiger partial charge in [-0.15, -0.1) is 0 Å². The first-order valence-electron chi connectivity index (χ1n) is 18.4. The monoisotopic (exact) mass is 645 g/mol. The molecule has 0 spiro atoms. The summed E-state index contributed by atoms with van der Waals surface area (Å²) in [5, 5.41) is 2.55. The van der Waals surface area contributed by atoms with Gasteiger partial charge in [0.2, 0.25) is 0 Å². The zero-order valence-electron chi connectivity index (χ0n) is 29.1. The van der Waals surface area contributed by atoms with Crippen molar-refractivity contribution in [2.24, 2.45) is 0 Å². The maximum Gasteiger partial charge on any atom is 0.0621 e. The summed E-state index contributed by atoms with van der Waals surface area (Å²) < 4.78 is 0. The molecule has 2 aliphatic carbocycles. The zero-order valence-corrected chi connectivity index (χ0v) is 29.1. The number of rotatable bonds is 6. The van der Waals surface area contributed by atoms with Crippen molar-refractivity contribution in [3.63, 3.8) is 0 Å². The summed E-state index contributed by atoms with van der Waals surface area (Å²) in [6.45, 7) is 4.77. The van der Waals surface area contributed by atoms with Gasteiger partial charge in [-0.05, 0) is 99.0 Å². The predicted molar refractivity (Wildman–Crippen MR) is 213 cm³/mol. The molecule has 7 aromatic carbocycles. The Hall–Kier alpha value is -5.40. The van der Waals surface area contributed by atoms with Gasteiger partial charge in [0.25, 0.3) is 0 Å². The van der Waals surface area contributed by atoms with Crippen molar-refractivity contribution >= 4 is 27.8 Å². The molecule has 7 aromatic rings. The fourth-order valence-electron chi connectivity index (χ4n) is 8.85. The fourth-order valence-corrected chi connectivity index (χ4v) is 8.85. The Bertz CT molecular complexity index is 2310. The van der Waals surface area contributed by atoms with Crippen LogP contribution in [0.2, 0.25) is 0 Å². The molecule has 0 atom stereocenters. The summed E-state index contributed by atoms with van der Waals surface area (Å²) in [7, 11) is 0. The largest absolute Gasteiger partial charge is 0.309 e. The molecule has 1 fully saturated rings. The molecule has 0 aliphatic heterocycles. The maximum atomic E-state index is 2.54. The molecule has 0 bridgehead atoms. The maximum absolute atomic E-state index is 2.54. The summed E-state index contributed by atoms with van der Waals surface area (Å²) >= 11 is 0. The molecule has 1 heteroatoms. The van der Waals surface area contributed by atoms with Crippen LogP contribution in [0.15, 0.2) is 158 Å². The van der Waals surface area contributed by atoms with Gasteiger partial charge >= 0.3 is 0 Å². The van der Waals surface area contributed by atoms with E-state index in [0.717, 1.165) is 5.69 Å². The fraction of sp³-hybridized carbons (Fsp3) is 0.184. The third-order valence-corrected chi connectivity index (χ3v) is 11.5. The number of fused-ring (bicyclic) bond motifs is 4. The Morgan fingerprint density at radius 1 is 0.500 bits per heavy atom. The van der Waals surface area contributed by atoms with Crippen LogP contribution < -0.4 is 4.90 Å². The molecule has 0 radical (unpaired) electrons. The van der Waals surface area contributed by atoms with Crippen LogP contribution in [0.1, 0.15) is 68.6 Å². The van der Waals surface area contributed by atoms with Crippen molar-refractivity contribution in [3.05, 3.63) is 174 Å². The van der Waals surface area contributed by atoms with Gasteiger partial charge in [0, 0.05) is 27.7 Å². The van der Waals surface area contributed by atoms with Gasteiger partial charge in [0.15, 0.2) is 0 Å². The second kappa shape index (κ2) is 12.5. The molecule has 0 aromatic heterocycles. The molecule has 50 heavy (non-hydrogen) atoms. The van der Waals surface area contributed by atoms with Crippen LogP contribution in [0.5, 0.6) is 0 Å². The molecule has 0 amide bonds. The van der Waals surface area contributed by atoms with Crippen LogP contribution in [0, 0.1) is 0 Å². The molecular weight excluding hydrogens is 603 g/mol. The molecule has 1 saturated carbocycles. The van der Waals surface area contributed by atoms with E-state index in [9.17, 15) is 0 Å². The quantitative estimate of drug-likeness (QED) is 0.174. The van der Waals surface area contributed by atoms with Gasteiger partial charge < -0.3 is 4.90 Å². The summed E-state index contributed by atoms with van der Waals surface area (Å²) in [5.74, 6) is 0.671. The number of hydrogen-bond acceptors (Lipinski definition) is 1. The van der Waals surface area contributed by atoms with Crippen LogP contribution in [0.25, 0.3) is 44.2 Å². The van der Waals surface area contributed by atoms with Crippen LogP contribution in [-0.2, 0) is 5.41 Å². The van der Waals surface area contributed by atoms with E-state index >= 15 is 0 Å². The van der Waals surface area contributed by atoms with Gasteiger partial charge in [0.05, 0.1) is 5.69 Å². The summed E-state index contributed by atoms with van der Waals surface area (Å²) in [6, 6.07) is 58.8. The van der Waals surface area contributed by atoms with E-state index in [1.54, 1.807) is 0 Å². The molecule has 9 rings (SSSR count). The normalized spacial score (nSPS) is 15.1. The predicted octanol–water partition coefficient (Wildman–Crippen LogP) is 14.0. The average Bonchev–Trinajstić information content (AvgIpc) is 3.41. The molecule has 0 heterocycles. The third kappa shape index (κ3) is 5.15. The van der Waals surface area contributed by atoms with Crippen molar-refractivity contribution in [2.75, 3.05) is 4.90 Å². The van der Waals surface area contributed by atoms with Crippen molar-refractivity contribution in [3.8, 4) is 33.4 Å². The van der Waals surface area contributed by atoms with E-state index < -0.39 is 0 Å². The minimum Gasteiger partial charge on any atom is -0.309 e. The van der Waals surface area contributed by atoms with E-state index in [0.29, 0.717) is 5.92 Å². The number of nitrogens with zero attached hydrogens (tertiary/aromatic N) is 1. The van der Waals surface area contributed by atoms with E-state index in [2.05, 4.69) is 176 Å². The van der Waals surface area contributed by atoms with Gasteiger partial charge in [-0.1, -0.05) is 161 Å². The van der Waals surface area contributed by atoms with Crippen LogP contribution >= 0.6 is 0 Å². The molecule has 2 aliphatic rings. The lowest BCUT2D eigenvalue weighted by Gasteiger charge is -2.31. The first kappa shape index (κ1) is 30.6. The molecule has 0 saturated heterocycles. The number of hydrogen-bond donors (Lipinski definition) is 0. The van der Waals surface area contributed by atoms with Crippen molar-refractivity contribution in [1.29, 1.82) is 0 Å². The van der Waals surface area contributed by atoms with Crippen LogP contribution in [-0.4, -0.2) is 0 Å². The lowest BCUT2D eigenvalue weighted by atomic mass is 9.81. The first-order valence-corrected chi connectivity index (χ1v) is 18.4. The highest BCUT2D eigenvalue weighted by molar-refractivity contribution is 6.09. The van der Waals surface area contributed by atoms with E-state index in [-0.39, 0.29) is 5.41 Å². The Morgan fingerprint density at radius 3 is 1.76 bits per heavy atom. The minimum absolute atomic E-state index is 0.105. The Kier molecular flexibility index (Phi) is 7.65. The second-order valence-corrected chi connectivity index (χ2v) is 14.8. The average molecular weight is 646 g/mol. The molecule has 0 N–H and O–H groups in total. The Labute approximate surface area is 296 Å². The highest BCUT2D eigenvalue weighted by Gasteiger charge is 2.39. The standard InChI is InChI=1S/C49H43N/c1-49(2)45-24-14-13-23-44(45)47-46(49)33-38-19-9-10-22-43(38)48(47)50(39-29-25-35(26-30-39)34-15-5-3-6-16-34)40-31-27-37(28-32-40)42-21-12-11-20-41(42)36-17-7-4-8-18-36/h4,7-14,17-34H,3,5-6,15-16H2,1-2H3. The summed E-state index contributed by atoms with van der Waals surface area (Å²) in [5.41, 5.74) is 15.4. The lowest BCUT2D eigenvalue weighted by molar-refractivity contribution is 0.443. The zero-order chi connectivity index (χ0) is 33.7. The SMILES string of the molecule is CC1(C)c2ccccc2-c2c1cc1ccccc1c2N(c1ccc(-c2ccccc2-c2ccccc2)cc1)c1ccc(C2CCCCC2)cc1. The smallest absolute Gasteiger partial charge is 0.0621 e. The highest BCUT2D eigenvalue weighted by Crippen LogP contribution is 2.56. The molecule has 0 unspecified atom stereocenters. The molecule has 244 valence electrons. The summed E-state index contributed by atoms with van der Waals surface area (Å²) in [6.07, 6.45) is 6.67. The van der Waals surface area contributed by atoms with E-state index in [1.807, 2.05) is 0 Å². The van der Waals surface area contributed by atoms with Crippen molar-refractivity contribution in [2.45, 2.75) is 57.3 Å². The van der Waals surface area contributed by atoms with Crippen LogP contribution in [0.3, 0.4) is 0 Å². The first-order chi connectivity index (χ1) is 24.6. The molecule has 1 nitrogen and oxygen atoms in total. The van der Waals surface area contributed by atoms with Gasteiger partial charge in [-0.25, -0.2) is 0 Å². The van der Waals surface area contributed by atoms with Gasteiger partial charge in [-0.2, -0.15) is 0 Å². The Morgan fingerprint density at radius 2 is 1.06 bits per heavy atom. The van der Waals surface area contributed by atoms with Crippen molar-refractivity contribution in [1.82, 2.24) is 0 Å². The molecular formula is C49H43N. The number of benzene rings is 7. The third-order valence-electron chi connectivity index (χ3n) is 11.5. The lowest BCUT2D eigenvalue weighted by Crippen LogP contribution is -2.16. The van der Waals surface area contributed by atoms with E-state index in [4.69, 9.17) is 0 Å². The summed E-state index contributed by atoms with van der Waals surface area (Å²) in [4.78, 5) is 2.54. The van der Waals surface area contributed by atoms with E-state index in [1.165, 1.54) is 104 Å². The van der Waals surface area contributed by atoms with Gasteiger partial charge in [0.1, 0.15) is 0 Å². The van der Waals surface area contributed by atoms with Crippen molar-refractivity contribution < 1.29 is 0 Å². The number of anilines is 3. The van der Waals surface area contributed by atoms with Crippen LogP contribution in [0.4, 0.5) is 17.1 Å². The minimum atomic E-state index is -0.105. The highest BCUT2D eigenvalue weighted by atomic mass is 15.1.